The third-order valence-corrected chi connectivity index (χ3v) is 6.46. The van der Waals surface area contributed by atoms with Crippen LogP contribution in [0.4, 0.5) is 11.5 Å². The molecule has 1 aromatic carbocycles. The van der Waals surface area contributed by atoms with Gasteiger partial charge in [-0.3, -0.25) is 4.79 Å². The number of thiazole rings is 1. The van der Waals surface area contributed by atoms with Crippen LogP contribution in [0.5, 0.6) is 5.75 Å². The van der Waals surface area contributed by atoms with E-state index in [0.717, 1.165) is 47.9 Å². The largest absolute Gasteiger partial charge is 0.491 e. The van der Waals surface area contributed by atoms with E-state index in [2.05, 4.69) is 37.3 Å². The Kier molecular flexibility index (Phi) is 5.45. The number of fused-ring (bicyclic) bond motifs is 2. The molecule has 3 aromatic rings. The molecule has 1 N–H and O–H groups in total. The first-order valence-corrected chi connectivity index (χ1v) is 11.5. The molecule has 9 heteroatoms. The average Bonchev–Trinajstić information content (AvgIpc) is 3.38. The number of hydrogen-bond acceptors (Lipinski definition) is 8. The molecule has 2 aromatic heterocycles. The minimum atomic E-state index is -0.154. The molecule has 1 amide bonds. The predicted molar refractivity (Wildman–Crippen MR) is 119 cm³/mol. The molecule has 0 spiro atoms. The number of nitrogens with zero attached hydrogens (tertiary/aromatic N) is 4. The molecular formula is C22H25N5O3S. The normalized spacial score (nSPS) is 16.7. The van der Waals surface area contributed by atoms with E-state index < -0.39 is 0 Å². The van der Waals surface area contributed by atoms with Gasteiger partial charge in [0.25, 0.3) is 5.91 Å². The zero-order valence-corrected chi connectivity index (χ0v) is 18.4. The van der Waals surface area contributed by atoms with Gasteiger partial charge in [-0.15, -0.1) is 0 Å². The Balaban J connectivity index is 1.42. The molecule has 162 valence electrons. The molecule has 2 aliphatic heterocycles. The number of hydrogen-bond donors (Lipinski definition) is 1. The van der Waals surface area contributed by atoms with E-state index in [-0.39, 0.29) is 18.1 Å². The van der Waals surface area contributed by atoms with Crippen molar-refractivity contribution in [2.75, 3.05) is 24.7 Å². The summed E-state index contributed by atoms with van der Waals surface area (Å²) >= 11 is 1.31. The third kappa shape index (κ3) is 4.07. The lowest BCUT2D eigenvalue weighted by Crippen LogP contribution is -2.38. The second-order valence-corrected chi connectivity index (χ2v) is 9.07. The minimum Gasteiger partial charge on any atom is -0.491 e. The standard InChI is InChI=1S/C22H25N5O3S/c1-13(2)30-16-3-4-17-14(11-16)5-8-27(17)19-18-21(24-12-23-19)31-22(26-18)20(28)25-15-6-9-29-10-7-15/h3-4,11-13,15H,5-10H2,1-2H3,(H,25,28). The highest BCUT2D eigenvalue weighted by Crippen LogP contribution is 2.38. The number of carbonyl (C=O) groups is 1. The summed E-state index contributed by atoms with van der Waals surface area (Å²) < 4.78 is 11.2. The first-order valence-electron chi connectivity index (χ1n) is 10.7. The Morgan fingerprint density at radius 3 is 2.94 bits per heavy atom. The van der Waals surface area contributed by atoms with Gasteiger partial charge < -0.3 is 19.7 Å². The number of amides is 1. The average molecular weight is 440 g/mol. The molecule has 0 aliphatic carbocycles. The van der Waals surface area contributed by atoms with Crippen LogP contribution in [0.15, 0.2) is 24.5 Å². The van der Waals surface area contributed by atoms with Gasteiger partial charge >= 0.3 is 0 Å². The van der Waals surface area contributed by atoms with Crippen molar-refractivity contribution in [1.82, 2.24) is 20.3 Å². The fourth-order valence-corrected chi connectivity index (χ4v) is 4.87. The monoisotopic (exact) mass is 439 g/mol. The molecule has 0 radical (unpaired) electrons. The van der Waals surface area contributed by atoms with Crippen LogP contribution in [0.2, 0.25) is 0 Å². The van der Waals surface area contributed by atoms with E-state index in [1.165, 1.54) is 16.9 Å². The maximum Gasteiger partial charge on any atom is 0.280 e. The van der Waals surface area contributed by atoms with Gasteiger partial charge in [0.2, 0.25) is 0 Å². The van der Waals surface area contributed by atoms with E-state index in [1.54, 1.807) is 6.33 Å². The Morgan fingerprint density at radius 1 is 1.29 bits per heavy atom. The Labute approximate surface area is 184 Å². The summed E-state index contributed by atoms with van der Waals surface area (Å²) in [6.45, 7) is 6.20. The van der Waals surface area contributed by atoms with Crippen LogP contribution in [0, 0.1) is 0 Å². The minimum absolute atomic E-state index is 0.131. The highest BCUT2D eigenvalue weighted by Gasteiger charge is 2.27. The summed E-state index contributed by atoms with van der Waals surface area (Å²) in [5, 5.41) is 3.50. The van der Waals surface area contributed by atoms with Crippen LogP contribution in [0.1, 0.15) is 42.1 Å². The van der Waals surface area contributed by atoms with Crippen molar-refractivity contribution in [2.24, 2.45) is 0 Å². The van der Waals surface area contributed by atoms with Crippen molar-refractivity contribution in [3.63, 3.8) is 0 Å². The SMILES string of the molecule is CC(C)Oc1ccc2c(c1)CCN2c1ncnc2sc(C(=O)NC3CCOCC3)nc12. The van der Waals surface area contributed by atoms with Gasteiger partial charge in [0.1, 0.15) is 22.4 Å². The molecule has 1 fully saturated rings. The number of ether oxygens (including phenoxy) is 2. The van der Waals surface area contributed by atoms with Crippen LogP contribution in [0.3, 0.4) is 0 Å². The van der Waals surface area contributed by atoms with E-state index in [0.29, 0.717) is 23.7 Å². The number of aromatic nitrogens is 3. The number of anilines is 2. The fourth-order valence-electron chi connectivity index (χ4n) is 4.07. The fraction of sp³-hybridized carbons (Fsp3) is 0.455. The molecule has 4 heterocycles. The Morgan fingerprint density at radius 2 is 2.13 bits per heavy atom. The summed E-state index contributed by atoms with van der Waals surface area (Å²) in [4.78, 5) is 29.2. The van der Waals surface area contributed by atoms with Gasteiger partial charge in [-0.2, -0.15) is 0 Å². The number of nitrogens with one attached hydrogen (secondary N) is 1. The topological polar surface area (TPSA) is 89.5 Å². The summed E-state index contributed by atoms with van der Waals surface area (Å²) in [6.07, 6.45) is 4.24. The smallest absolute Gasteiger partial charge is 0.280 e. The Hall–Kier alpha value is -2.78. The molecule has 5 rings (SSSR count). The van der Waals surface area contributed by atoms with E-state index >= 15 is 0 Å². The first kappa shape index (κ1) is 20.1. The van der Waals surface area contributed by atoms with Crippen molar-refractivity contribution in [2.45, 2.75) is 45.3 Å². The van der Waals surface area contributed by atoms with Gasteiger partial charge in [0, 0.05) is 31.5 Å². The number of carbonyl (C=O) groups excluding carboxylic acids is 1. The first-order chi connectivity index (χ1) is 15.1. The maximum absolute atomic E-state index is 12.8. The lowest BCUT2D eigenvalue weighted by molar-refractivity contribution is 0.0696. The number of benzene rings is 1. The maximum atomic E-state index is 12.8. The van der Waals surface area contributed by atoms with Crippen LogP contribution in [-0.2, 0) is 11.2 Å². The molecule has 0 bridgehead atoms. The van der Waals surface area contributed by atoms with E-state index in [4.69, 9.17) is 9.47 Å². The highest BCUT2D eigenvalue weighted by molar-refractivity contribution is 7.20. The van der Waals surface area contributed by atoms with Gasteiger partial charge in [-0.25, -0.2) is 15.0 Å². The van der Waals surface area contributed by atoms with E-state index in [9.17, 15) is 4.79 Å². The molecule has 1 saturated heterocycles. The number of rotatable bonds is 5. The predicted octanol–water partition coefficient (Wildman–Crippen LogP) is 3.48. The van der Waals surface area contributed by atoms with Gasteiger partial charge in [-0.05, 0) is 56.9 Å². The third-order valence-electron chi connectivity index (χ3n) is 5.50. The molecule has 0 unspecified atom stereocenters. The van der Waals surface area contributed by atoms with Crippen LogP contribution in [0.25, 0.3) is 10.3 Å². The molecule has 8 nitrogen and oxygen atoms in total. The van der Waals surface area contributed by atoms with Gasteiger partial charge in [-0.1, -0.05) is 11.3 Å². The quantitative estimate of drug-likeness (QED) is 0.651. The van der Waals surface area contributed by atoms with E-state index in [1.807, 2.05) is 19.9 Å². The van der Waals surface area contributed by atoms with Crippen molar-refractivity contribution in [3.05, 3.63) is 35.1 Å². The van der Waals surface area contributed by atoms with Gasteiger partial charge in [0.05, 0.1) is 6.10 Å². The van der Waals surface area contributed by atoms with Crippen molar-refractivity contribution in [3.8, 4) is 5.75 Å². The van der Waals surface area contributed by atoms with Crippen LogP contribution in [-0.4, -0.2) is 52.8 Å². The second kappa shape index (κ2) is 8.39. The van der Waals surface area contributed by atoms with Crippen LogP contribution < -0.4 is 15.0 Å². The van der Waals surface area contributed by atoms with Crippen molar-refractivity contribution >= 4 is 39.1 Å². The zero-order valence-electron chi connectivity index (χ0n) is 17.6. The van der Waals surface area contributed by atoms with Crippen LogP contribution >= 0.6 is 11.3 Å². The second-order valence-electron chi connectivity index (χ2n) is 8.09. The van der Waals surface area contributed by atoms with Crippen molar-refractivity contribution in [1.29, 1.82) is 0 Å². The highest BCUT2D eigenvalue weighted by atomic mass is 32.1. The van der Waals surface area contributed by atoms with Gasteiger partial charge in [0.15, 0.2) is 10.8 Å². The summed E-state index contributed by atoms with van der Waals surface area (Å²) in [5.74, 6) is 1.46. The summed E-state index contributed by atoms with van der Waals surface area (Å²) in [6, 6.07) is 6.29. The summed E-state index contributed by atoms with van der Waals surface area (Å²) in [7, 11) is 0. The molecule has 31 heavy (non-hydrogen) atoms. The lowest BCUT2D eigenvalue weighted by atomic mass is 10.1. The van der Waals surface area contributed by atoms with Crippen molar-refractivity contribution < 1.29 is 14.3 Å². The molecular weight excluding hydrogens is 414 g/mol. The molecule has 2 aliphatic rings. The summed E-state index contributed by atoms with van der Waals surface area (Å²) in [5.41, 5.74) is 2.98. The zero-order chi connectivity index (χ0) is 21.4. The molecule has 0 saturated carbocycles. The Bertz CT molecular complexity index is 1110. The lowest BCUT2D eigenvalue weighted by Gasteiger charge is -2.22. The molecule has 0 atom stereocenters.